The third-order valence-electron chi connectivity index (χ3n) is 5.00. The van der Waals surface area contributed by atoms with E-state index in [4.69, 9.17) is 4.74 Å². The molecule has 5 nitrogen and oxygen atoms in total. The average Bonchev–Trinajstić information content (AvgIpc) is 3.19. The van der Waals surface area contributed by atoms with Crippen LogP contribution in [0.5, 0.6) is 5.75 Å². The number of aromatic nitrogens is 3. The number of methoxy groups -OCH3 is 1. The zero-order valence-electron chi connectivity index (χ0n) is 16.4. The topological polar surface area (TPSA) is 60.2 Å². The molecule has 1 aromatic heterocycles. The van der Waals surface area contributed by atoms with Crippen LogP contribution in [-0.4, -0.2) is 27.2 Å². The maximum absolute atomic E-state index is 11.2. The minimum Gasteiger partial charge on any atom is -0.497 e. The number of aliphatic hydroxyl groups is 1. The molecule has 2 unspecified atom stereocenters. The molecule has 0 radical (unpaired) electrons. The molecule has 1 N–H and O–H groups in total. The molecule has 0 amide bonds. The van der Waals surface area contributed by atoms with Gasteiger partial charge >= 0.3 is 0 Å². The second kappa shape index (κ2) is 8.29. The van der Waals surface area contributed by atoms with Crippen LogP contribution < -0.4 is 4.74 Å². The highest BCUT2D eigenvalue weighted by Gasteiger charge is 2.23. The van der Waals surface area contributed by atoms with E-state index < -0.39 is 12.1 Å². The van der Waals surface area contributed by atoms with Crippen molar-refractivity contribution in [1.29, 1.82) is 0 Å². The highest BCUT2D eigenvalue weighted by Crippen LogP contribution is 2.30. The normalized spacial score (nSPS) is 13.6. The van der Waals surface area contributed by atoms with Crippen LogP contribution in [0.3, 0.4) is 0 Å². The third-order valence-corrected chi connectivity index (χ3v) is 5.00. The molecular weight excluding hydrogens is 362 g/mol. The maximum atomic E-state index is 11.2. The molecule has 0 fully saturated rings. The van der Waals surface area contributed by atoms with Crippen molar-refractivity contribution in [2.45, 2.75) is 19.1 Å². The van der Waals surface area contributed by atoms with Gasteiger partial charge in [-0.15, -0.1) is 5.10 Å². The van der Waals surface area contributed by atoms with Crippen molar-refractivity contribution in [2.24, 2.45) is 0 Å². The number of para-hydroxylation sites is 1. The Bertz CT molecular complexity index is 1120. The Balaban J connectivity index is 1.73. The van der Waals surface area contributed by atoms with Crippen molar-refractivity contribution < 1.29 is 9.84 Å². The monoisotopic (exact) mass is 385 g/mol. The van der Waals surface area contributed by atoms with Gasteiger partial charge in [0.25, 0.3) is 0 Å². The largest absolute Gasteiger partial charge is 0.497 e. The summed E-state index contributed by atoms with van der Waals surface area (Å²) in [5.74, 6) is 0.806. The van der Waals surface area contributed by atoms with E-state index >= 15 is 0 Å². The standard InChI is InChI=1S/C24H23N3O2/c1-17-7-12-19(13-8-17)24(28)23(16-11-18-9-14-20(29-2)15-10-18)27-22-6-4-3-5-21(22)25-26-27/h3-16,23-24,28H,1-2H3. The average molecular weight is 385 g/mol. The molecule has 0 aliphatic heterocycles. The number of ether oxygens (including phenoxy) is 1. The number of benzene rings is 3. The lowest BCUT2D eigenvalue weighted by Gasteiger charge is -2.21. The van der Waals surface area contributed by atoms with Gasteiger partial charge in [0.2, 0.25) is 0 Å². The highest BCUT2D eigenvalue weighted by molar-refractivity contribution is 5.74. The Morgan fingerprint density at radius 2 is 1.69 bits per heavy atom. The SMILES string of the molecule is COc1ccc(C=CC(C(O)c2ccc(C)cc2)n2nnc3ccccc32)cc1. The van der Waals surface area contributed by atoms with Crippen molar-refractivity contribution >= 4 is 17.1 Å². The Hall–Kier alpha value is -3.44. The summed E-state index contributed by atoms with van der Waals surface area (Å²) in [6.07, 6.45) is 3.18. The fourth-order valence-electron chi connectivity index (χ4n) is 3.31. The van der Waals surface area contributed by atoms with Gasteiger partial charge in [-0.3, -0.25) is 0 Å². The van der Waals surface area contributed by atoms with E-state index in [2.05, 4.69) is 10.3 Å². The van der Waals surface area contributed by atoms with Crippen molar-refractivity contribution in [3.8, 4) is 5.75 Å². The first-order valence-corrected chi connectivity index (χ1v) is 9.52. The summed E-state index contributed by atoms with van der Waals surface area (Å²) in [4.78, 5) is 0. The summed E-state index contributed by atoms with van der Waals surface area (Å²) in [6, 6.07) is 23.0. The van der Waals surface area contributed by atoms with Crippen LogP contribution in [0.4, 0.5) is 0 Å². The van der Waals surface area contributed by atoms with Gasteiger partial charge in [-0.25, -0.2) is 4.68 Å². The predicted octanol–water partition coefficient (Wildman–Crippen LogP) is 4.74. The summed E-state index contributed by atoms with van der Waals surface area (Å²) < 4.78 is 7.00. The first kappa shape index (κ1) is 18.9. The van der Waals surface area contributed by atoms with Crippen molar-refractivity contribution in [2.75, 3.05) is 7.11 Å². The summed E-state index contributed by atoms with van der Waals surface area (Å²) in [6.45, 7) is 2.03. The van der Waals surface area contributed by atoms with Crippen LogP contribution in [0.1, 0.15) is 28.8 Å². The molecule has 4 aromatic rings. The van der Waals surface area contributed by atoms with Crippen molar-refractivity contribution in [1.82, 2.24) is 15.0 Å². The summed E-state index contributed by atoms with van der Waals surface area (Å²) in [5.41, 5.74) is 4.67. The number of rotatable bonds is 6. The number of aryl methyl sites for hydroxylation is 1. The molecular formula is C24H23N3O2. The van der Waals surface area contributed by atoms with Gasteiger partial charge < -0.3 is 9.84 Å². The van der Waals surface area contributed by atoms with E-state index in [1.165, 1.54) is 0 Å². The van der Waals surface area contributed by atoms with Gasteiger partial charge in [-0.05, 0) is 42.3 Å². The van der Waals surface area contributed by atoms with Crippen molar-refractivity contribution in [3.63, 3.8) is 0 Å². The van der Waals surface area contributed by atoms with Gasteiger partial charge in [0.1, 0.15) is 23.4 Å². The van der Waals surface area contributed by atoms with Gasteiger partial charge in [0.05, 0.1) is 12.6 Å². The van der Waals surface area contributed by atoms with Crippen molar-refractivity contribution in [3.05, 3.63) is 95.6 Å². The van der Waals surface area contributed by atoms with Crippen LogP contribution in [0, 0.1) is 6.92 Å². The summed E-state index contributed by atoms with van der Waals surface area (Å²) in [7, 11) is 1.65. The molecule has 146 valence electrons. The zero-order chi connectivity index (χ0) is 20.2. The molecule has 2 atom stereocenters. The maximum Gasteiger partial charge on any atom is 0.118 e. The van der Waals surface area contributed by atoms with Gasteiger partial charge in [-0.1, -0.05) is 71.5 Å². The lowest BCUT2D eigenvalue weighted by atomic mass is 10.00. The van der Waals surface area contributed by atoms with Gasteiger partial charge in [0, 0.05) is 0 Å². The number of hydrogen-bond acceptors (Lipinski definition) is 4. The highest BCUT2D eigenvalue weighted by atomic mass is 16.5. The minimum atomic E-state index is -0.768. The first-order chi connectivity index (χ1) is 14.2. The van der Waals surface area contributed by atoms with Gasteiger partial charge in [-0.2, -0.15) is 0 Å². The smallest absolute Gasteiger partial charge is 0.118 e. The second-order valence-electron chi connectivity index (χ2n) is 7.00. The van der Waals surface area contributed by atoms with E-state index in [1.54, 1.807) is 11.8 Å². The minimum absolute atomic E-state index is 0.410. The molecule has 1 heterocycles. The van der Waals surface area contributed by atoms with E-state index in [9.17, 15) is 5.11 Å². The lowest BCUT2D eigenvalue weighted by Crippen LogP contribution is -2.17. The number of nitrogens with zero attached hydrogens (tertiary/aromatic N) is 3. The number of hydrogen-bond donors (Lipinski definition) is 1. The quantitative estimate of drug-likeness (QED) is 0.521. The molecule has 0 spiro atoms. The molecule has 0 saturated carbocycles. The Kier molecular flexibility index (Phi) is 5.40. The number of aliphatic hydroxyl groups excluding tert-OH is 1. The fourth-order valence-corrected chi connectivity index (χ4v) is 3.31. The van der Waals surface area contributed by atoms with E-state index in [0.29, 0.717) is 0 Å². The molecule has 4 rings (SSSR count). The van der Waals surface area contributed by atoms with Crippen LogP contribution in [0.15, 0.2) is 78.9 Å². The van der Waals surface area contributed by atoms with E-state index in [1.807, 2.05) is 91.9 Å². The third kappa shape index (κ3) is 4.05. The van der Waals surface area contributed by atoms with Crippen LogP contribution >= 0.6 is 0 Å². The predicted molar refractivity (Wildman–Crippen MR) is 115 cm³/mol. The zero-order valence-corrected chi connectivity index (χ0v) is 16.4. The molecule has 3 aromatic carbocycles. The Morgan fingerprint density at radius 1 is 0.966 bits per heavy atom. The summed E-state index contributed by atoms with van der Waals surface area (Å²) in [5, 5.41) is 19.8. The molecule has 0 saturated heterocycles. The second-order valence-corrected chi connectivity index (χ2v) is 7.00. The Morgan fingerprint density at radius 3 is 2.41 bits per heavy atom. The van der Waals surface area contributed by atoms with Crippen LogP contribution in [0.2, 0.25) is 0 Å². The van der Waals surface area contributed by atoms with E-state index in [-0.39, 0.29) is 0 Å². The molecule has 29 heavy (non-hydrogen) atoms. The summed E-state index contributed by atoms with van der Waals surface area (Å²) >= 11 is 0. The Labute approximate surface area is 169 Å². The molecule has 0 aliphatic carbocycles. The fraction of sp³-hybridized carbons (Fsp3) is 0.167. The lowest BCUT2D eigenvalue weighted by molar-refractivity contribution is 0.130. The molecule has 5 heteroatoms. The molecule has 0 bridgehead atoms. The van der Waals surface area contributed by atoms with Crippen LogP contribution in [0.25, 0.3) is 17.1 Å². The number of fused-ring (bicyclic) bond motifs is 1. The molecule has 0 aliphatic rings. The first-order valence-electron chi connectivity index (χ1n) is 9.52. The van der Waals surface area contributed by atoms with E-state index in [0.717, 1.165) is 33.5 Å². The van der Waals surface area contributed by atoms with Gasteiger partial charge in [0.15, 0.2) is 0 Å². The van der Waals surface area contributed by atoms with Crippen LogP contribution in [-0.2, 0) is 0 Å².